The predicted octanol–water partition coefficient (Wildman–Crippen LogP) is 2.42. The number of hydrogen-bond donors (Lipinski definition) is 2. The first kappa shape index (κ1) is 15.0. The minimum absolute atomic E-state index is 0.0291. The van der Waals surface area contributed by atoms with Gasteiger partial charge in [0.2, 0.25) is 0 Å². The van der Waals surface area contributed by atoms with Gasteiger partial charge in [0, 0.05) is 26.2 Å². The molecule has 0 spiro atoms. The monoisotopic (exact) mass is 298 g/mol. The topological polar surface area (TPSA) is 44.7 Å². The Morgan fingerprint density at radius 3 is 2.45 bits per heavy atom. The molecule has 0 amide bonds. The van der Waals surface area contributed by atoms with Gasteiger partial charge >= 0.3 is 0 Å². The van der Waals surface area contributed by atoms with E-state index in [2.05, 4.69) is 16.3 Å². The number of aliphatic hydroxyl groups excluding tert-OH is 1. The molecule has 0 saturated carbocycles. The third-order valence-electron chi connectivity index (χ3n) is 3.99. The van der Waals surface area contributed by atoms with Gasteiger partial charge in [-0.05, 0) is 29.8 Å². The number of ether oxygens (including phenoxy) is 1. The van der Waals surface area contributed by atoms with Gasteiger partial charge in [-0.15, -0.1) is 0 Å². The smallest absolute Gasteiger partial charge is 0.127 e. The van der Waals surface area contributed by atoms with Gasteiger partial charge in [-0.25, -0.2) is 0 Å². The van der Waals surface area contributed by atoms with Gasteiger partial charge in [-0.2, -0.15) is 0 Å². The zero-order valence-corrected chi connectivity index (χ0v) is 12.6. The molecular weight excluding hydrogens is 276 g/mol. The van der Waals surface area contributed by atoms with Gasteiger partial charge in [0.15, 0.2) is 0 Å². The summed E-state index contributed by atoms with van der Waals surface area (Å²) in [4.78, 5) is 2.32. The molecule has 0 aliphatic carbocycles. The van der Waals surface area contributed by atoms with E-state index in [-0.39, 0.29) is 12.6 Å². The van der Waals surface area contributed by atoms with E-state index in [0.717, 1.165) is 43.2 Å². The first-order valence-corrected chi connectivity index (χ1v) is 7.75. The minimum Gasteiger partial charge on any atom is -0.457 e. The van der Waals surface area contributed by atoms with Crippen LogP contribution in [0.1, 0.15) is 11.6 Å². The second-order valence-corrected chi connectivity index (χ2v) is 5.47. The average molecular weight is 298 g/mol. The summed E-state index contributed by atoms with van der Waals surface area (Å²) in [5, 5.41) is 13.2. The molecule has 3 rings (SSSR count). The van der Waals surface area contributed by atoms with Crippen molar-refractivity contribution in [2.75, 3.05) is 32.8 Å². The van der Waals surface area contributed by atoms with E-state index in [9.17, 15) is 5.11 Å². The van der Waals surface area contributed by atoms with E-state index in [4.69, 9.17) is 4.74 Å². The van der Waals surface area contributed by atoms with Crippen LogP contribution in [0.15, 0.2) is 54.6 Å². The summed E-state index contributed by atoms with van der Waals surface area (Å²) in [5.41, 5.74) is 1.10. The Labute approximate surface area is 131 Å². The van der Waals surface area contributed by atoms with Crippen molar-refractivity contribution in [2.24, 2.45) is 0 Å². The maximum atomic E-state index is 9.81. The molecule has 0 aromatic heterocycles. The van der Waals surface area contributed by atoms with Crippen LogP contribution in [-0.4, -0.2) is 42.8 Å². The number of aliphatic hydroxyl groups is 1. The number of hydrogen-bond acceptors (Lipinski definition) is 4. The highest BCUT2D eigenvalue weighted by atomic mass is 16.5. The highest BCUT2D eigenvalue weighted by molar-refractivity contribution is 5.35. The lowest BCUT2D eigenvalue weighted by atomic mass is 10.0. The second kappa shape index (κ2) is 7.40. The van der Waals surface area contributed by atoms with Crippen molar-refractivity contribution in [1.82, 2.24) is 10.2 Å². The SMILES string of the molecule is OC[C@H](c1cccc(Oc2ccccc2)c1)N1CCNCC1. The first-order chi connectivity index (χ1) is 10.9. The molecular formula is C18H22N2O2. The van der Waals surface area contributed by atoms with Gasteiger partial charge in [0.1, 0.15) is 11.5 Å². The minimum atomic E-state index is 0.0291. The van der Waals surface area contributed by atoms with Crippen LogP contribution in [0, 0.1) is 0 Å². The van der Waals surface area contributed by atoms with Crippen molar-refractivity contribution in [3.63, 3.8) is 0 Å². The van der Waals surface area contributed by atoms with Crippen molar-refractivity contribution in [2.45, 2.75) is 6.04 Å². The Bertz CT molecular complexity index is 583. The van der Waals surface area contributed by atoms with Crippen LogP contribution in [0.25, 0.3) is 0 Å². The summed E-state index contributed by atoms with van der Waals surface area (Å²) in [6.45, 7) is 3.96. The van der Waals surface area contributed by atoms with Crippen LogP contribution in [-0.2, 0) is 0 Å². The van der Waals surface area contributed by atoms with Crippen molar-refractivity contribution in [3.8, 4) is 11.5 Å². The first-order valence-electron chi connectivity index (χ1n) is 7.75. The van der Waals surface area contributed by atoms with E-state index in [1.54, 1.807) is 0 Å². The molecule has 4 heteroatoms. The second-order valence-electron chi connectivity index (χ2n) is 5.47. The molecule has 0 unspecified atom stereocenters. The van der Waals surface area contributed by atoms with E-state index in [1.165, 1.54) is 0 Å². The van der Waals surface area contributed by atoms with Crippen LogP contribution in [0.3, 0.4) is 0 Å². The Kier molecular flexibility index (Phi) is 5.06. The Balaban J connectivity index is 1.77. The number of piperazine rings is 1. The van der Waals surface area contributed by atoms with E-state index >= 15 is 0 Å². The van der Waals surface area contributed by atoms with Crippen LogP contribution >= 0.6 is 0 Å². The number of benzene rings is 2. The van der Waals surface area contributed by atoms with Gasteiger partial charge in [0.25, 0.3) is 0 Å². The molecule has 116 valence electrons. The number of para-hydroxylation sites is 1. The molecule has 1 aliphatic heterocycles. The fourth-order valence-electron chi connectivity index (χ4n) is 2.84. The summed E-state index contributed by atoms with van der Waals surface area (Å²) in [7, 11) is 0. The molecule has 1 heterocycles. The Hall–Kier alpha value is -1.88. The molecule has 2 aromatic carbocycles. The normalized spacial score (nSPS) is 17.1. The van der Waals surface area contributed by atoms with Crippen LogP contribution in [0.5, 0.6) is 11.5 Å². The molecule has 4 nitrogen and oxygen atoms in total. The predicted molar refractivity (Wildman–Crippen MR) is 87.2 cm³/mol. The van der Waals surface area contributed by atoms with Crippen LogP contribution < -0.4 is 10.1 Å². The van der Waals surface area contributed by atoms with Gasteiger partial charge in [-0.1, -0.05) is 30.3 Å². The van der Waals surface area contributed by atoms with Gasteiger partial charge < -0.3 is 15.2 Å². The maximum Gasteiger partial charge on any atom is 0.127 e. The molecule has 1 fully saturated rings. The molecule has 0 radical (unpaired) electrons. The molecule has 2 aromatic rings. The third kappa shape index (κ3) is 3.65. The van der Waals surface area contributed by atoms with Crippen molar-refractivity contribution >= 4 is 0 Å². The standard InChI is InChI=1S/C18H22N2O2/c21-14-18(20-11-9-19-10-12-20)15-5-4-8-17(13-15)22-16-6-2-1-3-7-16/h1-8,13,18-19,21H,9-12,14H2/t18-/m1/s1. The summed E-state index contributed by atoms with van der Waals surface area (Å²) < 4.78 is 5.89. The highest BCUT2D eigenvalue weighted by Crippen LogP contribution is 2.27. The maximum absolute atomic E-state index is 9.81. The van der Waals surface area contributed by atoms with E-state index in [1.807, 2.05) is 48.5 Å². The number of nitrogens with zero attached hydrogens (tertiary/aromatic N) is 1. The Morgan fingerprint density at radius 2 is 1.73 bits per heavy atom. The number of nitrogens with one attached hydrogen (secondary N) is 1. The van der Waals surface area contributed by atoms with E-state index < -0.39 is 0 Å². The average Bonchev–Trinajstić information content (AvgIpc) is 2.58. The fourth-order valence-corrected chi connectivity index (χ4v) is 2.84. The zero-order chi connectivity index (χ0) is 15.2. The highest BCUT2D eigenvalue weighted by Gasteiger charge is 2.21. The van der Waals surface area contributed by atoms with Crippen LogP contribution in [0.4, 0.5) is 0 Å². The summed E-state index contributed by atoms with van der Waals surface area (Å²) in [6.07, 6.45) is 0. The zero-order valence-electron chi connectivity index (χ0n) is 12.6. The van der Waals surface area contributed by atoms with Crippen molar-refractivity contribution < 1.29 is 9.84 Å². The van der Waals surface area contributed by atoms with Crippen molar-refractivity contribution in [3.05, 3.63) is 60.2 Å². The summed E-state index contributed by atoms with van der Waals surface area (Å²) >= 11 is 0. The quantitative estimate of drug-likeness (QED) is 0.890. The Morgan fingerprint density at radius 1 is 1.00 bits per heavy atom. The van der Waals surface area contributed by atoms with E-state index in [0.29, 0.717) is 0 Å². The summed E-state index contributed by atoms with van der Waals surface area (Å²) in [6, 6.07) is 17.8. The van der Waals surface area contributed by atoms with Gasteiger partial charge in [0.05, 0.1) is 12.6 Å². The molecule has 0 bridgehead atoms. The lowest BCUT2D eigenvalue weighted by molar-refractivity contribution is 0.110. The molecule has 2 N–H and O–H groups in total. The third-order valence-corrected chi connectivity index (χ3v) is 3.99. The molecule has 1 aliphatic rings. The van der Waals surface area contributed by atoms with Crippen molar-refractivity contribution in [1.29, 1.82) is 0 Å². The van der Waals surface area contributed by atoms with Crippen LogP contribution in [0.2, 0.25) is 0 Å². The van der Waals surface area contributed by atoms with Gasteiger partial charge in [-0.3, -0.25) is 4.90 Å². The fraction of sp³-hybridized carbons (Fsp3) is 0.333. The molecule has 22 heavy (non-hydrogen) atoms. The lowest BCUT2D eigenvalue weighted by Crippen LogP contribution is -2.46. The number of rotatable bonds is 5. The largest absolute Gasteiger partial charge is 0.457 e. The molecule has 1 saturated heterocycles. The molecule has 1 atom stereocenters. The summed E-state index contributed by atoms with van der Waals surface area (Å²) in [5.74, 6) is 1.62. The lowest BCUT2D eigenvalue weighted by Gasteiger charge is -2.34.